The van der Waals surface area contributed by atoms with Crippen LogP contribution in [0.5, 0.6) is 0 Å². The molecule has 2 amide bonds. The van der Waals surface area contributed by atoms with Gasteiger partial charge >= 0.3 is 0 Å². The molecule has 0 aliphatic carbocycles. The van der Waals surface area contributed by atoms with Gasteiger partial charge in [-0.2, -0.15) is 0 Å². The molecule has 3 atom stereocenters. The Morgan fingerprint density at radius 1 is 1.10 bits per heavy atom. The topological polar surface area (TPSA) is 67.4 Å². The lowest BCUT2D eigenvalue weighted by Gasteiger charge is -2.40. The molecule has 4 rings (SSSR count). The van der Waals surface area contributed by atoms with Crippen LogP contribution in [0, 0.1) is 0 Å². The number of fused-ring (bicyclic) bond motifs is 2. The number of hydrogen-bond donors (Lipinski definition) is 2. The van der Waals surface area contributed by atoms with Gasteiger partial charge in [0.15, 0.2) is 0 Å². The lowest BCUT2D eigenvalue weighted by molar-refractivity contribution is -0.133. The first kappa shape index (κ1) is 20.2. The van der Waals surface area contributed by atoms with Gasteiger partial charge in [0, 0.05) is 28.2 Å². The zero-order chi connectivity index (χ0) is 20.8. The average Bonchev–Trinajstić information content (AvgIpc) is 2.83. The van der Waals surface area contributed by atoms with Crippen molar-refractivity contribution in [3.05, 3.63) is 63.6 Å². The lowest BCUT2D eigenvalue weighted by atomic mass is 9.64. The fourth-order valence-electron chi connectivity index (χ4n) is 4.59. The van der Waals surface area contributed by atoms with E-state index in [9.17, 15) is 9.59 Å². The van der Waals surface area contributed by atoms with Gasteiger partial charge in [0.1, 0.15) is 5.41 Å². The Morgan fingerprint density at radius 2 is 1.86 bits per heavy atom. The maximum atomic E-state index is 13.6. The summed E-state index contributed by atoms with van der Waals surface area (Å²) in [5, 5.41) is 7.05. The van der Waals surface area contributed by atoms with E-state index in [0.717, 1.165) is 11.1 Å². The summed E-state index contributed by atoms with van der Waals surface area (Å²) in [6, 6.07) is 12.8. The Hall–Kier alpha value is -2.08. The molecule has 0 radical (unpaired) electrons. The van der Waals surface area contributed by atoms with Gasteiger partial charge in [0.05, 0.1) is 18.6 Å². The molecule has 1 fully saturated rings. The maximum absolute atomic E-state index is 13.6. The van der Waals surface area contributed by atoms with Crippen LogP contribution >= 0.6 is 23.2 Å². The van der Waals surface area contributed by atoms with Crippen LogP contribution in [-0.4, -0.2) is 30.6 Å². The molecule has 2 heterocycles. The van der Waals surface area contributed by atoms with E-state index in [1.54, 1.807) is 18.2 Å². The Bertz CT molecular complexity index is 978. The van der Waals surface area contributed by atoms with Crippen molar-refractivity contribution in [1.82, 2.24) is 5.32 Å². The minimum atomic E-state index is -1.09. The van der Waals surface area contributed by atoms with E-state index < -0.39 is 11.5 Å². The van der Waals surface area contributed by atoms with Crippen molar-refractivity contribution < 1.29 is 14.3 Å². The molecule has 7 heteroatoms. The number of halogens is 2. The zero-order valence-corrected chi connectivity index (χ0v) is 17.7. The summed E-state index contributed by atoms with van der Waals surface area (Å²) in [7, 11) is 0. The molecule has 2 N–H and O–H groups in total. The third-order valence-corrected chi connectivity index (χ3v) is 6.14. The molecule has 2 aromatic carbocycles. The third-order valence-electron chi connectivity index (χ3n) is 5.67. The number of carbonyl (C=O) groups excluding carboxylic acids is 2. The first-order valence-electron chi connectivity index (χ1n) is 9.61. The van der Waals surface area contributed by atoms with E-state index in [1.165, 1.54) is 0 Å². The van der Waals surface area contributed by atoms with Crippen molar-refractivity contribution in [3.8, 4) is 0 Å². The predicted molar refractivity (Wildman–Crippen MR) is 114 cm³/mol. The highest BCUT2D eigenvalue weighted by molar-refractivity contribution is 6.31. The summed E-state index contributed by atoms with van der Waals surface area (Å²) in [5.41, 5.74) is 1.23. The van der Waals surface area contributed by atoms with Crippen LogP contribution in [0.25, 0.3) is 0 Å². The van der Waals surface area contributed by atoms with Crippen LogP contribution in [0.1, 0.15) is 37.3 Å². The lowest BCUT2D eigenvalue weighted by Crippen LogP contribution is -2.52. The van der Waals surface area contributed by atoms with Crippen LogP contribution in [0.4, 0.5) is 5.69 Å². The Balaban J connectivity index is 1.99. The molecule has 1 saturated heterocycles. The Kier molecular flexibility index (Phi) is 5.32. The zero-order valence-electron chi connectivity index (χ0n) is 16.2. The van der Waals surface area contributed by atoms with Gasteiger partial charge < -0.3 is 15.4 Å². The minimum Gasteiger partial charge on any atom is -0.374 e. The smallest absolute Gasteiger partial charge is 0.238 e. The van der Waals surface area contributed by atoms with E-state index in [1.807, 2.05) is 38.1 Å². The number of nitrogens with one attached hydrogen (secondary N) is 2. The fourth-order valence-corrected chi connectivity index (χ4v) is 4.96. The van der Waals surface area contributed by atoms with Gasteiger partial charge in [-0.15, -0.1) is 0 Å². The molecule has 0 aromatic heterocycles. The van der Waals surface area contributed by atoms with Crippen LogP contribution in [0.3, 0.4) is 0 Å². The second-order valence-corrected chi connectivity index (χ2v) is 8.68. The SMILES string of the molecule is CC(C)O[C@@H]1CC(=O)NC[C@H](c2cccc(Cl)c2)[C@@]12C(=O)Nc1cc(Cl)ccc12. The summed E-state index contributed by atoms with van der Waals surface area (Å²) in [5.74, 6) is -0.699. The number of ether oxygens (including phenoxy) is 1. The van der Waals surface area contributed by atoms with Gasteiger partial charge in [-0.05, 0) is 49.2 Å². The summed E-state index contributed by atoms with van der Waals surface area (Å²) < 4.78 is 6.23. The van der Waals surface area contributed by atoms with Crippen LogP contribution < -0.4 is 10.6 Å². The van der Waals surface area contributed by atoms with Crippen LogP contribution in [0.2, 0.25) is 10.0 Å². The van der Waals surface area contributed by atoms with Gasteiger partial charge in [-0.3, -0.25) is 9.59 Å². The number of carbonyl (C=O) groups is 2. The summed E-state index contributed by atoms with van der Waals surface area (Å²) in [6.07, 6.45) is -0.714. The molecule has 2 aliphatic rings. The Morgan fingerprint density at radius 3 is 2.59 bits per heavy atom. The molecule has 29 heavy (non-hydrogen) atoms. The van der Waals surface area contributed by atoms with E-state index in [4.69, 9.17) is 27.9 Å². The average molecular weight is 433 g/mol. The quantitative estimate of drug-likeness (QED) is 0.760. The number of rotatable bonds is 3. The van der Waals surface area contributed by atoms with Gasteiger partial charge in [-0.25, -0.2) is 0 Å². The van der Waals surface area contributed by atoms with E-state index in [-0.39, 0.29) is 30.3 Å². The highest BCUT2D eigenvalue weighted by atomic mass is 35.5. The molecule has 1 spiro atoms. The first-order valence-corrected chi connectivity index (χ1v) is 10.4. The molecule has 5 nitrogen and oxygen atoms in total. The molecule has 0 bridgehead atoms. The summed E-state index contributed by atoms with van der Waals surface area (Å²) in [4.78, 5) is 26.2. The fraction of sp³-hybridized carbons (Fsp3) is 0.364. The molecular formula is C22H22Cl2N2O3. The minimum absolute atomic E-state index is 0.0880. The number of amides is 2. The van der Waals surface area contributed by atoms with Crippen LogP contribution in [-0.2, 0) is 19.7 Å². The first-order chi connectivity index (χ1) is 13.8. The van der Waals surface area contributed by atoms with Crippen molar-refractivity contribution in [3.63, 3.8) is 0 Å². The van der Waals surface area contributed by atoms with E-state index >= 15 is 0 Å². The molecule has 0 unspecified atom stereocenters. The van der Waals surface area contributed by atoms with Crippen molar-refractivity contribution in [2.75, 3.05) is 11.9 Å². The highest BCUT2D eigenvalue weighted by Gasteiger charge is 2.60. The molecule has 2 aliphatic heterocycles. The normalized spacial score (nSPS) is 26.2. The van der Waals surface area contributed by atoms with Gasteiger partial charge in [0.25, 0.3) is 0 Å². The molecule has 0 saturated carbocycles. The monoisotopic (exact) mass is 432 g/mol. The largest absolute Gasteiger partial charge is 0.374 e. The van der Waals surface area contributed by atoms with Crippen molar-refractivity contribution in [2.45, 2.75) is 43.8 Å². The van der Waals surface area contributed by atoms with Gasteiger partial charge in [-0.1, -0.05) is 41.4 Å². The third kappa shape index (κ3) is 3.41. The van der Waals surface area contributed by atoms with E-state index in [0.29, 0.717) is 22.3 Å². The molecular weight excluding hydrogens is 411 g/mol. The van der Waals surface area contributed by atoms with E-state index in [2.05, 4.69) is 10.6 Å². The number of anilines is 1. The Labute approximate surface area is 179 Å². The highest BCUT2D eigenvalue weighted by Crippen LogP contribution is 2.52. The molecule has 2 aromatic rings. The number of benzene rings is 2. The molecule has 152 valence electrons. The maximum Gasteiger partial charge on any atom is 0.238 e. The predicted octanol–water partition coefficient (Wildman–Crippen LogP) is 4.28. The summed E-state index contributed by atoms with van der Waals surface area (Å²) in [6.45, 7) is 4.10. The van der Waals surface area contributed by atoms with Crippen molar-refractivity contribution >= 4 is 40.7 Å². The van der Waals surface area contributed by atoms with Crippen molar-refractivity contribution in [2.24, 2.45) is 0 Å². The standard InChI is InChI=1S/C22H22Cl2N2O3/c1-12(2)29-19-10-20(27)25-11-17(13-4-3-5-14(23)8-13)22(19)16-7-6-15(24)9-18(16)26-21(22)28/h3-9,12,17,19H,10-11H2,1-2H3,(H,25,27)(H,26,28)/t17-,19-,22-/m1/s1. The second kappa shape index (κ2) is 7.63. The van der Waals surface area contributed by atoms with Crippen molar-refractivity contribution in [1.29, 1.82) is 0 Å². The summed E-state index contributed by atoms with van der Waals surface area (Å²) >= 11 is 12.5. The van der Waals surface area contributed by atoms with Gasteiger partial charge in [0.2, 0.25) is 11.8 Å². The second-order valence-electron chi connectivity index (χ2n) is 7.80. The number of hydrogen-bond acceptors (Lipinski definition) is 3. The van der Waals surface area contributed by atoms with Crippen LogP contribution in [0.15, 0.2) is 42.5 Å².